The minimum atomic E-state index is 0.618. The van der Waals surface area contributed by atoms with Crippen molar-refractivity contribution in [1.29, 1.82) is 0 Å². The van der Waals surface area contributed by atoms with Crippen LogP contribution in [0, 0.1) is 5.92 Å². The molecule has 1 aromatic carbocycles. The quantitative estimate of drug-likeness (QED) is 0.731. The topological polar surface area (TPSA) is 30.5 Å². The van der Waals surface area contributed by atoms with Crippen LogP contribution in [0.5, 0.6) is 11.5 Å². The highest BCUT2D eigenvalue weighted by Crippen LogP contribution is 2.32. The van der Waals surface area contributed by atoms with Crippen LogP contribution in [0.4, 0.5) is 0 Å². The summed E-state index contributed by atoms with van der Waals surface area (Å²) in [7, 11) is 1.69. The second-order valence-electron chi connectivity index (χ2n) is 5.27. The van der Waals surface area contributed by atoms with Crippen molar-refractivity contribution in [3.8, 4) is 11.5 Å². The minimum Gasteiger partial charge on any atom is -0.493 e. The lowest BCUT2D eigenvalue weighted by Crippen LogP contribution is -2.31. The van der Waals surface area contributed by atoms with Gasteiger partial charge in [0, 0.05) is 12.6 Å². The number of hydrogen-bond acceptors (Lipinski definition) is 3. The minimum absolute atomic E-state index is 0.618. The lowest BCUT2D eigenvalue weighted by atomic mass is 10.1. The molecule has 1 saturated carbocycles. The van der Waals surface area contributed by atoms with Crippen LogP contribution in [-0.4, -0.2) is 26.3 Å². The monoisotopic (exact) mass is 263 g/mol. The van der Waals surface area contributed by atoms with E-state index in [9.17, 15) is 0 Å². The van der Waals surface area contributed by atoms with Gasteiger partial charge >= 0.3 is 0 Å². The first-order valence-electron chi connectivity index (χ1n) is 7.27. The number of rotatable bonds is 8. The average molecular weight is 263 g/mol. The molecular formula is C16H25NO2. The fraction of sp³-hybridized carbons (Fsp3) is 0.625. The highest BCUT2D eigenvalue weighted by Gasteiger charge is 2.27. The van der Waals surface area contributed by atoms with Crippen LogP contribution in [0.1, 0.15) is 32.3 Å². The zero-order chi connectivity index (χ0) is 13.7. The molecule has 1 N–H and O–H groups in total. The molecule has 0 heterocycles. The summed E-state index contributed by atoms with van der Waals surface area (Å²) in [6.07, 6.45) is 3.76. The molecule has 1 aliphatic carbocycles. The third kappa shape index (κ3) is 4.13. The number of nitrogens with one attached hydrogen (secondary N) is 1. The lowest BCUT2D eigenvalue weighted by Gasteiger charge is -2.15. The largest absolute Gasteiger partial charge is 0.493 e. The van der Waals surface area contributed by atoms with Crippen molar-refractivity contribution in [2.75, 3.05) is 20.3 Å². The van der Waals surface area contributed by atoms with Gasteiger partial charge in [-0.05, 0) is 49.8 Å². The summed E-state index contributed by atoms with van der Waals surface area (Å²) in [6, 6.07) is 6.77. The van der Waals surface area contributed by atoms with Crippen LogP contribution in [0.2, 0.25) is 0 Å². The van der Waals surface area contributed by atoms with Crippen LogP contribution < -0.4 is 14.8 Å². The highest BCUT2D eigenvalue weighted by atomic mass is 16.5. The van der Waals surface area contributed by atoms with E-state index < -0.39 is 0 Å². The molecule has 2 rings (SSSR count). The van der Waals surface area contributed by atoms with Gasteiger partial charge in [0.1, 0.15) is 6.61 Å². The van der Waals surface area contributed by atoms with Gasteiger partial charge in [0.2, 0.25) is 0 Å². The Hall–Kier alpha value is -1.22. The molecule has 0 saturated heterocycles. The van der Waals surface area contributed by atoms with Crippen LogP contribution in [0.3, 0.4) is 0 Å². The Labute approximate surface area is 116 Å². The van der Waals surface area contributed by atoms with Gasteiger partial charge in [-0.1, -0.05) is 13.0 Å². The third-order valence-corrected chi connectivity index (χ3v) is 3.79. The maximum absolute atomic E-state index is 5.79. The van der Waals surface area contributed by atoms with Crippen LogP contribution in [0.25, 0.3) is 0 Å². The van der Waals surface area contributed by atoms with Crippen molar-refractivity contribution in [1.82, 2.24) is 5.32 Å². The van der Waals surface area contributed by atoms with Crippen molar-refractivity contribution in [3.63, 3.8) is 0 Å². The lowest BCUT2D eigenvalue weighted by molar-refractivity contribution is 0.284. The molecular weight excluding hydrogens is 238 g/mol. The second kappa shape index (κ2) is 6.80. The van der Waals surface area contributed by atoms with Gasteiger partial charge in [0.15, 0.2) is 11.5 Å². The Morgan fingerprint density at radius 2 is 2.11 bits per heavy atom. The fourth-order valence-electron chi connectivity index (χ4n) is 2.26. The first kappa shape index (κ1) is 14.2. The average Bonchev–Trinajstić information content (AvgIpc) is 3.27. The van der Waals surface area contributed by atoms with Gasteiger partial charge in [-0.2, -0.15) is 0 Å². The van der Waals surface area contributed by atoms with E-state index in [2.05, 4.69) is 31.3 Å². The molecule has 1 atom stereocenters. The van der Waals surface area contributed by atoms with Gasteiger partial charge in [-0.15, -0.1) is 0 Å². The molecule has 1 fully saturated rings. The Morgan fingerprint density at radius 1 is 1.32 bits per heavy atom. The van der Waals surface area contributed by atoms with Gasteiger partial charge in [0.25, 0.3) is 0 Å². The van der Waals surface area contributed by atoms with E-state index in [-0.39, 0.29) is 0 Å². The first-order chi connectivity index (χ1) is 9.24. The molecule has 0 radical (unpaired) electrons. The molecule has 0 spiro atoms. The Balaban J connectivity index is 1.78. The van der Waals surface area contributed by atoms with Crippen molar-refractivity contribution >= 4 is 0 Å². The van der Waals surface area contributed by atoms with E-state index in [1.54, 1.807) is 7.11 Å². The summed E-state index contributed by atoms with van der Waals surface area (Å²) < 4.78 is 11.2. The molecule has 3 nitrogen and oxygen atoms in total. The van der Waals surface area contributed by atoms with Crippen molar-refractivity contribution in [2.45, 2.75) is 39.2 Å². The molecule has 0 aromatic heterocycles. The predicted molar refractivity (Wildman–Crippen MR) is 78.1 cm³/mol. The first-order valence-corrected chi connectivity index (χ1v) is 7.27. The van der Waals surface area contributed by atoms with E-state index >= 15 is 0 Å². The molecule has 3 heteroatoms. The van der Waals surface area contributed by atoms with Crippen molar-refractivity contribution < 1.29 is 9.47 Å². The summed E-state index contributed by atoms with van der Waals surface area (Å²) in [5.74, 6) is 2.55. The fourth-order valence-corrected chi connectivity index (χ4v) is 2.26. The summed E-state index contributed by atoms with van der Waals surface area (Å²) in [6.45, 7) is 5.96. The van der Waals surface area contributed by atoms with Crippen LogP contribution in [-0.2, 0) is 6.42 Å². The van der Waals surface area contributed by atoms with Gasteiger partial charge in [0.05, 0.1) is 7.11 Å². The van der Waals surface area contributed by atoms with Gasteiger partial charge < -0.3 is 14.8 Å². The molecule has 106 valence electrons. The van der Waals surface area contributed by atoms with Crippen LogP contribution in [0.15, 0.2) is 18.2 Å². The Morgan fingerprint density at radius 3 is 2.74 bits per heavy atom. The molecule has 19 heavy (non-hydrogen) atoms. The Kier molecular flexibility index (Phi) is 5.08. The predicted octanol–water partition coefficient (Wildman–Crippen LogP) is 3.02. The zero-order valence-electron chi connectivity index (χ0n) is 12.2. The van der Waals surface area contributed by atoms with E-state index in [1.165, 1.54) is 18.4 Å². The molecule has 0 amide bonds. The maximum atomic E-state index is 5.79. The summed E-state index contributed by atoms with van der Waals surface area (Å²) in [4.78, 5) is 0. The molecule has 1 unspecified atom stereocenters. The molecule has 0 aliphatic heterocycles. The van der Waals surface area contributed by atoms with E-state index in [0.717, 1.165) is 30.4 Å². The summed E-state index contributed by atoms with van der Waals surface area (Å²) >= 11 is 0. The van der Waals surface area contributed by atoms with Crippen molar-refractivity contribution in [2.24, 2.45) is 5.92 Å². The Bertz CT molecular complexity index is 402. The van der Waals surface area contributed by atoms with E-state index in [1.807, 2.05) is 6.07 Å². The maximum Gasteiger partial charge on any atom is 0.161 e. The van der Waals surface area contributed by atoms with E-state index in [4.69, 9.17) is 9.47 Å². The van der Waals surface area contributed by atoms with Crippen molar-refractivity contribution in [3.05, 3.63) is 23.8 Å². The zero-order valence-corrected chi connectivity index (χ0v) is 12.2. The standard InChI is InChI=1S/C16H25NO2/c1-4-13-5-8-15(16(11-13)18-3)19-10-9-17-12(2)14-6-7-14/h5,8,11-12,14,17H,4,6-7,9-10H2,1-3H3. The SMILES string of the molecule is CCc1ccc(OCCNC(C)C2CC2)c(OC)c1. The summed E-state index contributed by atoms with van der Waals surface area (Å²) in [5.41, 5.74) is 1.27. The van der Waals surface area contributed by atoms with E-state index in [0.29, 0.717) is 12.6 Å². The smallest absolute Gasteiger partial charge is 0.161 e. The molecule has 0 bridgehead atoms. The molecule has 1 aliphatic rings. The number of benzene rings is 1. The number of ether oxygens (including phenoxy) is 2. The number of hydrogen-bond donors (Lipinski definition) is 1. The number of aryl methyl sites for hydroxylation is 1. The third-order valence-electron chi connectivity index (χ3n) is 3.79. The van der Waals surface area contributed by atoms with Crippen LogP contribution >= 0.6 is 0 Å². The highest BCUT2D eigenvalue weighted by molar-refractivity contribution is 5.42. The summed E-state index contributed by atoms with van der Waals surface area (Å²) in [5, 5.41) is 3.51. The number of methoxy groups -OCH3 is 1. The second-order valence-corrected chi connectivity index (χ2v) is 5.27. The van der Waals surface area contributed by atoms with Gasteiger partial charge in [-0.25, -0.2) is 0 Å². The normalized spacial score (nSPS) is 16.2. The van der Waals surface area contributed by atoms with Gasteiger partial charge in [-0.3, -0.25) is 0 Å². The molecule has 1 aromatic rings.